The van der Waals surface area contributed by atoms with E-state index >= 15 is 0 Å². The first-order valence-electron chi connectivity index (χ1n) is 7.97. The Bertz CT molecular complexity index is 309. The van der Waals surface area contributed by atoms with Crippen molar-refractivity contribution in [1.82, 2.24) is 10.6 Å². The lowest BCUT2D eigenvalue weighted by Crippen LogP contribution is -2.40. The Kier molecular flexibility index (Phi) is 8.07. The van der Waals surface area contributed by atoms with Gasteiger partial charge in [0.05, 0.1) is 6.54 Å². The molecule has 116 valence electrons. The zero-order valence-electron chi connectivity index (χ0n) is 13.0. The molecule has 1 amide bonds. The van der Waals surface area contributed by atoms with Crippen LogP contribution in [0.1, 0.15) is 65.2 Å². The summed E-state index contributed by atoms with van der Waals surface area (Å²) in [6.07, 6.45) is 8.87. The average Bonchev–Trinajstić information content (AvgIpc) is 2.67. The third kappa shape index (κ3) is 7.36. The summed E-state index contributed by atoms with van der Waals surface area (Å²) in [5.74, 6) is 0.526. The molecule has 0 aliphatic heterocycles. The highest BCUT2D eigenvalue weighted by Crippen LogP contribution is 2.16. The van der Waals surface area contributed by atoms with Crippen LogP contribution >= 0.6 is 0 Å². The van der Waals surface area contributed by atoms with Crippen LogP contribution in [0.5, 0.6) is 0 Å². The van der Waals surface area contributed by atoms with Crippen LogP contribution in [0.15, 0.2) is 4.99 Å². The molecule has 0 bridgehead atoms. The summed E-state index contributed by atoms with van der Waals surface area (Å²) in [6.45, 7) is 4.51. The Morgan fingerprint density at radius 1 is 1.30 bits per heavy atom. The lowest BCUT2D eigenvalue weighted by atomic mass is 10.1. The van der Waals surface area contributed by atoms with Gasteiger partial charge in [0.1, 0.15) is 0 Å². The van der Waals surface area contributed by atoms with Crippen molar-refractivity contribution in [2.75, 3.05) is 6.54 Å². The molecule has 0 saturated heterocycles. The van der Waals surface area contributed by atoms with Gasteiger partial charge < -0.3 is 16.4 Å². The van der Waals surface area contributed by atoms with E-state index in [9.17, 15) is 4.79 Å². The number of nitrogens with one attached hydrogen (secondary N) is 2. The normalized spacial score (nSPS) is 19.2. The number of carbonyl (C=O) groups excluding carboxylic acids is 1. The van der Waals surface area contributed by atoms with Crippen molar-refractivity contribution in [1.29, 1.82) is 0 Å². The van der Waals surface area contributed by atoms with Gasteiger partial charge in [0.25, 0.3) is 0 Å². The quantitative estimate of drug-likeness (QED) is 0.395. The number of rotatable bonds is 6. The molecule has 0 heterocycles. The third-order valence-electron chi connectivity index (χ3n) is 3.85. The van der Waals surface area contributed by atoms with Crippen LogP contribution < -0.4 is 16.4 Å². The number of nitrogens with zero attached hydrogens (tertiary/aromatic N) is 1. The summed E-state index contributed by atoms with van der Waals surface area (Å²) in [6, 6.07) is 0.683. The van der Waals surface area contributed by atoms with Gasteiger partial charge in [-0.15, -0.1) is 0 Å². The lowest BCUT2D eigenvalue weighted by molar-refractivity contribution is -0.121. The Balaban J connectivity index is 2.21. The summed E-state index contributed by atoms with van der Waals surface area (Å²) < 4.78 is 0. The first-order chi connectivity index (χ1) is 9.61. The van der Waals surface area contributed by atoms with Crippen molar-refractivity contribution >= 4 is 11.9 Å². The van der Waals surface area contributed by atoms with Gasteiger partial charge in [-0.1, -0.05) is 32.6 Å². The molecule has 5 heteroatoms. The fraction of sp³-hybridized carbons (Fsp3) is 0.867. The molecule has 4 N–H and O–H groups in total. The van der Waals surface area contributed by atoms with Crippen LogP contribution in [0.3, 0.4) is 0 Å². The largest absolute Gasteiger partial charge is 0.370 e. The van der Waals surface area contributed by atoms with E-state index in [0.29, 0.717) is 25.0 Å². The second-order valence-electron chi connectivity index (χ2n) is 5.73. The van der Waals surface area contributed by atoms with Gasteiger partial charge in [0.2, 0.25) is 5.91 Å². The Labute approximate surface area is 122 Å². The van der Waals surface area contributed by atoms with E-state index in [2.05, 4.69) is 22.5 Å². The average molecular weight is 282 g/mol. The number of amides is 1. The minimum Gasteiger partial charge on any atom is -0.370 e. The predicted molar refractivity (Wildman–Crippen MR) is 83.6 cm³/mol. The molecular formula is C15H30N4O. The molecule has 0 aromatic rings. The fourth-order valence-corrected chi connectivity index (χ4v) is 2.41. The maximum Gasteiger partial charge on any atom is 0.222 e. The Morgan fingerprint density at radius 3 is 2.55 bits per heavy atom. The molecule has 20 heavy (non-hydrogen) atoms. The van der Waals surface area contributed by atoms with Crippen LogP contribution in [0.4, 0.5) is 0 Å². The van der Waals surface area contributed by atoms with Crippen LogP contribution in [-0.4, -0.2) is 30.5 Å². The number of aliphatic imine (C=N–C) groups is 1. The highest BCUT2D eigenvalue weighted by Gasteiger charge is 2.12. The van der Waals surface area contributed by atoms with Gasteiger partial charge in [0, 0.05) is 18.5 Å². The first kappa shape index (κ1) is 16.8. The minimum atomic E-state index is 0.0466. The highest BCUT2D eigenvalue weighted by molar-refractivity contribution is 5.79. The topological polar surface area (TPSA) is 79.5 Å². The predicted octanol–water partition coefficient (Wildman–Crippen LogP) is 1.92. The summed E-state index contributed by atoms with van der Waals surface area (Å²) in [4.78, 5) is 15.8. The van der Waals surface area contributed by atoms with E-state index in [1.54, 1.807) is 0 Å². The highest BCUT2D eigenvalue weighted by atomic mass is 16.1. The van der Waals surface area contributed by atoms with Crippen molar-refractivity contribution in [3.8, 4) is 0 Å². The van der Waals surface area contributed by atoms with E-state index in [4.69, 9.17) is 5.73 Å². The molecule has 0 aromatic heterocycles. The maximum absolute atomic E-state index is 11.6. The number of hydrogen-bond acceptors (Lipinski definition) is 2. The molecule has 0 radical (unpaired) electrons. The van der Waals surface area contributed by atoms with Crippen molar-refractivity contribution < 1.29 is 4.79 Å². The smallest absolute Gasteiger partial charge is 0.222 e. The summed E-state index contributed by atoms with van der Waals surface area (Å²) in [5, 5.41) is 6.20. The molecule has 5 nitrogen and oxygen atoms in total. The second-order valence-corrected chi connectivity index (χ2v) is 5.73. The maximum atomic E-state index is 11.6. The monoisotopic (exact) mass is 282 g/mol. The summed E-state index contributed by atoms with van der Waals surface area (Å²) in [5.41, 5.74) is 5.88. The van der Waals surface area contributed by atoms with Crippen LogP contribution in [0, 0.1) is 0 Å². The molecule has 1 rings (SSSR count). The lowest BCUT2D eigenvalue weighted by Gasteiger charge is -2.16. The molecule has 1 unspecified atom stereocenters. The van der Waals surface area contributed by atoms with Gasteiger partial charge in [0.15, 0.2) is 5.96 Å². The second kappa shape index (κ2) is 9.61. The standard InChI is InChI=1S/C15H30N4O/c1-3-12(2)18-14(20)10-11-17-15(16)19-13-8-6-4-5-7-9-13/h12-13H,3-11H2,1-2H3,(H,18,20)(H3,16,17,19). The SMILES string of the molecule is CCC(C)NC(=O)CCN=C(N)NC1CCCCCC1. The number of hydrogen-bond donors (Lipinski definition) is 3. The molecule has 0 spiro atoms. The molecule has 1 aliphatic carbocycles. The minimum absolute atomic E-state index is 0.0466. The molecule has 1 fully saturated rings. The Morgan fingerprint density at radius 2 is 1.95 bits per heavy atom. The van der Waals surface area contributed by atoms with E-state index < -0.39 is 0 Å². The molecule has 0 aromatic carbocycles. The van der Waals surface area contributed by atoms with Gasteiger partial charge in [-0.25, -0.2) is 0 Å². The molecule has 1 atom stereocenters. The van der Waals surface area contributed by atoms with Gasteiger partial charge in [-0.3, -0.25) is 9.79 Å². The number of nitrogens with two attached hydrogens (primary N) is 1. The molecule has 1 aliphatic rings. The third-order valence-corrected chi connectivity index (χ3v) is 3.85. The van der Waals surface area contributed by atoms with Crippen LogP contribution in [-0.2, 0) is 4.79 Å². The van der Waals surface area contributed by atoms with E-state index in [-0.39, 0.29) is 11.9 Å². The van der Waals surface area contributed by atoms with Crippen molar-refractivity contribution in [3.63, 3.8) is 0 Å². The zero-order valence-corrected chi connectivity index (χ0v) is 13.0. The fourth-order valence-electron chi connectivity index (χ4n) is 2.41. The van der Waals surface area contributed by atoms with Gasteiger partial charge >= 0.3 is 0 Å². The first-order valence-corrected chi connectivity index (χ1v) is 7.97. The van der Waals surface area contributed by atoms with Crippen LogP contribution in [0.25, 0.3) is 0 Å². The Hall–Kier alpha value is -1.26. The van der Waals surface area contributed by atoms with E-state index in [1.165, 1.54) is 38.5 Å². The number of guanidine groups is 1. The summed E-state index contributed by atoms with van der Waals surface area (Å²) in [7, 11) is 0. The zero-order chi connectivity index (χ0) is 14.8. The van der Waals surface area contributed by atoms with E-state index in [0.717, 1.165) is 6.42 Å². The molecule has 1 saturated carbocycles. The van der Waals surface area contributed by atoms with Crippen molar-refractivity contribution in [3.05, 3.63) is 0 Å². The van der Waals surface area contributed by atoms with Gasteiger partial charge in [-0.2, -0.15) is 0 Å². The van der Waals surface area contributed by atoms with Crippen molar-refractivity contribution in [2.45, 2.75) is 77.3 Å². The van der Waals surface area contributed by atoms with Gasteiger partial charge in [-0.05, 0) is 26.2 Å². The molecular weight excluding hydrogens is 252 g/mol. The van der Waals surface area contributed by atoms with Crippen molar-refractivity contribution in [2.24, 2.45) is 10.7 Å². The number of carbonyl (C=O) groups is 1. The van der Waals surface area contributed by atoms with Crippen LogP contribution in [0.2, 0.25) is 0 Å². The van der Waals surface area contributed by atoms with E-state index in [1.807, 2.05) is 6.92 Å². The summed E-state index contributed by atoms with van der Waals surface area (Å²) >= 11 is 0.